The van der Waals surface area contributed by atoms with E-state index in [1.165, 1.54) is 15.8 Å². The lowest BCUT2D eigenvalue weighted by atomic mass is 10.0. The SMILES string of the molecule is Cc1ccc(C(=O)Cn2cnc3sc4c(c3c2=O)CCC4)c(C)c1. The third-order valence-corrected chi connectivity index (χ3v) is 5.89. The van der Waals surface area contributed by atoms with Gasteiger partial charge in [0.15, 0.2) is 5.78 Å². The lowest BCUT2D eigenvalue weighted by Gasteiger charge is -2.08. The van der Waals surface area contributed by atoms with E-state index < -0.39 is 0 Å². The largest absolute Gasteiger partial charge is 0.292 e. The molecule has 2 aromatic heterocycles. The summed E-state index contributed by atoms with van der Waals surface area (Å²) in [5.41, 5.74) is 3.80. The van der Waals surface area contributed by atoms with Crippen molar-refractivity contribution in [3.8, 4) is 0 Å². The number of rotatable bonds is 3. The molecule has 24 heavy (non-hydrogen) atoms. The predicted molar refractivity (Wildman–Crippen MR) is 96.2 cm³/mol. The van der Waals surface area contributed by atoms with Gasteiger partial charge >= 0.3 is 0 Å². The fourth-order valence-electron chi connectivity index (χ4n) is 3.50. The summed E-state index contributed by atoms with van der Waals surface area (Å²) < 4.78 is 1.45. The maximum Gasteiger partial charge on any atom is 0.262 e. The van der Waals surface area contributed by atoms with Crippen LogP contribution in [0.2, 0.25) is 0 Å². The minimum absolute atomic E-state index is 0.0380. The standard InChI is InChI=1S/C19H18N2O2S/c1-11-6-7-13(12(2)8-11)15(22)9-21-10-20-18-17(19(21)23)14-4-3-5-16(14)24-18/h6-8,10H,3-5,9H2,1-2H3. The van der Waals surface area contributed by atoms with Crippen LogP contribution < -0.4 is 5.56 Å². The van der Waals surface area contributed by atoms with E-state index in [0.717, 1.165) is 46.2 Å². The molecule has 0 atom stereocenters. The molecule has 1 aliphatic rings. The number of carbonyl (C=O) groups is 1. The molecule has 122 valence electrons. The molecule has 0 radical (unpaired) electrons. The van der Waals surface area contributed by atoms with E-state index in [-0.39, 0.29) is 17.9 Å². The summed E-state index contributed by atoms with van der Waals surface area (Å²) in [5.74, 6) is -0.0531. The number of fused-ring (bicyclic) bond motifs is 3. The van der Waals surface area contributed by atoms with Crippen molar-refractivity contribution < 1.29 is 4.79 Å². The van der Waals surface area contributed by atoms with Crippen LogP contribution in [0.5, 0.6) is 0 Å². The molecule has 0 saturated carbocycles. The number of nitrogens with zero attached hydrogens (tertiary/aromatic N) is 2. The van der Waals surface area contributed by atoms with Gasteiger partial charge in [0.25, 0.3) is 5.56 Å². The smallest absolute Gasteiger partial charge is 0.262 e. The Labute approximate surface area is 143 Å². The van der Waals surface area contributed by atoms with Gasteiger partial charge in [0.05, 0.1) is 18.3 Å². The summed E-state index contributed by atoms with van der Waals surface area (Å²) in [4.78, 5) is 32.0. The number of hydrogen-bond donors (Lipinski definition) is 0. The quantitative estimate of drug-likeness (QED) is 0.687. The van der Waals surface area contributed by atoms with Crippen LogP contribution in [0.15, 0.2) is 29.3 Å². The zero-order valence-corrected chi connectivity index (χ0v) is 14.6. The number of carbonyl (C=O) groups excluding carboxylic acids is 1. The molecule has 0 aliphatic heterocycles. The molecule has 4 rings (SSSR count). The number of Topliss-reactive ketones (excluding diaryl/α,β-unsaturated/α-hetero) is 1. The van der Waals surface area contributed by atoms with Gasteiger partial charge in [-0.2, -0.15) is 0 Å². The van der Waals surface area contributed by atoms with Crippen molar-refractivity contribution >= 4 is 27.3 Å². The molecule has 5 heteroatoms. The molecule has 0 N–H and O–H groups in total. The summed E-state index contributed by atoms with van der Waals surface area (Å²) in [7, 11) is 0. The van der Waals surface area contributed by atoms with Crippen molar-refractivity contribution in [2.45, 2.75) is 39.7 Å². The number of aromatic nitrogens is 2. The summed E-state index contributed by atoms with van der Waals surface area (Å²) in [6, 6.07) is 5.76. The van der Waals surface area contributed by atoms with E-state index in [2.05, 4.69) is 4.98 Å². The Hall–Kier alpha value is -2.27. The Balaban J connectivity index is 1.73. The molecule has 0 bridgehead atoms. The van der Waals surface area contributed by atoms with Gasteiger partial charge < -0.3 is 0 Å². The average Bonchev–Trinajstić information content (AvgIpc) is 3.10. The van der Waals surface area contributed by atoms with E-state index in [4.69, 9.17) is 0 Å². The van der Waals surface area contributed by atoms with E-state index in [1.54, 1.807) is 11.3 Å². The molecule has 0 spiro atoms. The Bertz CT molecular complexity index is 1030. The molecule has 0 unspecified atom stereocenters. The fraction of sp³-hybridized carbons (Fsp3) is 0.316. The maximum absolute atomic E-state index is 12.8. The summed E-state index contributed by atoms with van der Waals surface area (Å²) >= 11 is 1.62. The zero-order valence-electron chi connectivity index (χ0n) is 13.8. The van der Waals surface area contributed by atoms with Gasteiger partial charge in [-0.1, -0.05) is 23.8 Å². The van der Waals surface area contributed by atoms with Crippen LogP contribution in [-0.2, 0) is 19.4 Å². The molecule has 2 heterocycles. The molecule has 4 nitrogen and oxygen atoms in total. The molecular formula is C19H18N2O2S. The predicted octanol–water partition coefficient (Wildman–Crippen LogP) is 3.45. The van der Waals surface area contributed by atoms with Crippen LogP contribution in [0, 0.1) is 13.8 Å². The fourth-order valence-corrected chi connectivity index (χ4v) is 4.72. The van der Waals surface area contributed by atoms with Crippen LogP contribution in [0.1, 0.15) is 38.3 Å². The molecule has 0 amide bonds. The third kappa shape index (κ3) is 2.40. The van der Waals surface area contributed by atoms with Crippen molar-refractivity contribution in [2.75, 3.05) is 0 Å². The lowest BCUT2D eigenvalue weighted by Crippen LogP contribution is -2.25. The average molecular weight is 338 g/mol. The monoisotopic (exact) mass is 338 g/mol. The number of thiophene rings is 1. The van der Waals surface area contributed by atoms with Crippen LogP contribution in [0.25, 0.3) is 10.2 Å². The van der Waals surface area contributed by atoms with E-state index in [1.807, 2.05) is 32.0 Å². The Morgan fingerprint density at radius 2 is 2.12 bits per heavy atom. The highest BCUT2D eigenvalue weighted by Gasteiger charge is 2.22. The summed E-state index contributed by atoms with van der Waals surface area (Å²) in [5, 5.41) is 0.725. The molecule has 0 fully saturated rings. The Morgan fingerprint density at radius 1 is 1.29 bits per heavy atom. The van der Waals surface area contributed by atoms with Crippen molar-refractivity contribution in [2.24, 2.45) is 0 Å². The zero-order chi connectivity index (χ0) is 16.8. The van der Waals surface area contributed by atoms with E-state index >= 15 is 0 Å². The maximum atomic E-state index is 12.8. The lowest BCUT2D eigenvalue weighted by molar-refractivity contribution is 0.0970. The van der Waals surface area contributed by atoms with Gasteiger partial charge in [0.2, 0.25) is 0 Å². The first-order valence-corrected chi connectivity index (χ1v) is 8.96. The van der Waals surface area contributed by atoms with Crippen LogP contribution in [0.3, 0.4) is 0 Å². The second kappa shape index (κ2) is 5.67. The highest BCUT2D eigenvalue weighted by Crippen LogP contribution is 2.34. The summed E-state index contributed by atoms with van der Waals surface area (Å²) in [6.45, 7) is 3.97. The molecule has 1 aromatic carbocycles. The normalized spacial score (nSPS) is 13.4. The second-order valence-electron chi connectivity index (χ2n) is 6.46. The van der Waals surface area contributed by atoms with Gasteiger partial charge in [0, 0.05) is 10.4 Å². The minimum Gasteiger partial charge on any atom is -0.292 e. The minimum atomic E-state index is -0.0856. The topological polar surface area (TPSA) is 52.0 Å². The van der Waals surface area contributed by atoms with E-state index in [9.17, 15) is 9.59 Å². The van der Waals surface area contributed by atoms with Crippen molar-refractivity contribution in [3.05, 3.63) is 62.0 Å². The van der Waals surface area contributed by atoms with Crippen LogP contribution in [-0.4, -0.2) is 15.3 Å². The van der Waals surface area contributed by atoms with Gasteiger partial charge in [-0.05, 0) is 44.2 Å². The van der Waals surface area contributed by atoms with Gasteiger partial charge in [0.1, 0.15) is 4.83 Å². The second-order valence-corrected chi connectivity index (χ2v) is 7.54. The van der Waals surface area contributed by atoms with Gasteiger partial charge in [-0.3, -0.25) is 14.2 Å². The van der Waals surface area contributed by atoms with Gasteiger partial charge in [-0.15, -0.1) is 11.3 Å². The molecule has 0 saturated heterocycles. The highest BCUT2D eigenvalue weighted by atomic mass is 32.1. The van der Waals surface area contributed by atoms with Crippen LogP contribution in [0.4, 0.5) is 0 Å². The van der Waals surface area contributed by atoms with Crippen molar-refractivity contribution in [1.29, 1.82) is 0 Å². The van der Waals surface area contributed by atoms with Gasteiger partial charge in [-0.25, -0.2) is 4.98 Å². The summed E-state index contributed by atoms with van der Waals surface area (Å²) in [6.07, 6.45) is 4.60. The van der Waals surface area contributed by atoms with Crippen molar-refractivity contribution in [1.82, 2.24) is 9.55 Å². The first kappa shape index (κ1) is 15.3. The number of aryl methyl sites for hydroxylation is 4. The molecule has 1 aliphatic carbocycles. The molecule has 3 aromatic rings. The first-order valence-electron chi connectivity index (χ1n) is 8.15. The third-order valence-electron chi connectivity index (χ3n) is 4.69. The number of benzene rings is 1. The van der Waals surface area contributed by atoms with E-state index in [0.29, 0.717) is 5.56 Å². The Kier molecular flexibility index (Phi) is 3.61. The first-order chi connectivity index (χ1) is 11.5. The number of ketones is 1. The van der Waals surface area contributed by atoms with Crippen molar-refractivity contribution in [3.63, 3.8) is 0 Å². The number of hydrogen-bond acceptors (Lipinski definition) is 4. The highest BCUT2D eigenvalue weighted by molar-refractivity contribution is 7.18. The van der Waals surface area contributed by atoms with Crippen LogP contribution >= 0.6 is 11.3 Å². The Morgan fingerprint density at radius 3 is 2.92 bits per heavy atom. The molecular weight excluding hydrogens is 320 g/mol.